The molecule has 0 radical (unpaired) electrons. The number of ether oxygens (including phenoxy) is 1. The van der Waals surface area contributed by atoms with Crippen LogP contribution in [0.3, 0.4) is 0 Å². The highest BCUT2D eigenvalue weighted by atomic mass is 32.2. The van der Waals surface area contributed by atoms with E-state index < -0.39 is 17.2 Å². The number of thioether (sulfide) groups is 1. The number of carbonyl (C=O) groups excluding carboxylic acids is 2. The van der Waals surface area contributed by atoms with Crippen molar-refractivity contribution in [3.63, 3.8) is 0 Å². The lowest BCUT2D eigenvalue weighted by Crippen LogP contribution is -2.41. The Kier molecular flexibility index (Phi) is 6.12. The van der Waals surface area contributed by atoms with Crippen LogP contribution in [-0.4, -0.2) is 46.5 Å². The molecule has 1 aliphatic rings. The molecule has 0 spiro atoms. The maximum Gasteiger partial charge on any atom is 0.321 e. The minimum Gasteiger partial charge on any atom is -0.376 e. The topological polar surface area (TPSA) is 102 Å². The Balaban J connectivity index is 1.93. The monoisotopic (exact) mass is 390 g/mol. The molecule has 27 heavy (non-hydrogen) atoms. The van der Waals surface area contributed by atoms with Gasteiger partial charge in [-0.2, -0.15) is 0 Å². The molecule has 2 aromatic rings. The number of aromatic nitrogens is 2. The summed E-state index contributed by atoms with van der Waals surface area (Å²) < 4.78 is 7.25. The molecule has 2 atom stereocenters. The van der Waals surface area contributed by atoms with Gasteiger partial charge in [0, 0.05) is 13.7 Å². The molecule has 3 amide bonds. The zero-order valence-electron chi connectivity index (χ0n) is 15.2. The van der Waals surface area contributed by atoms with Crippen LogP contribution in [-0.2, 0) is 16.1 Å². The lowest BCUT2D eigenvalue weighted by atomic mass is 10.2. The summed E-state index contributed by atoms with van der Waals surface area (Å²) in [6, 6.07) is 6.55. The van der Waals surface area contributed by atoms with Gasteiger partial charge < -0.3 is 10.1 Å². The summed E-state index contributed by atoms with van der Waals surface area (Å²) in [4.78, 5) is 41.1. The van der Waals surface area contributed by atoms with Gasteiger partial charge in [-0.3, -0.25) is 19.5 Å². The molecular formula is C18H22N4O4S. The number of benzene rings is 1. The van der Waals surface area contributed by atoms with Crippen LogP contribution >= 0.6 is 11.8 Å². The fraction of sp³-hybridized carbons (Fsp3) is 0.444. The number of carbonyl (C=O) groups is 2. The summed E-state index contributed by atoms with van der Waals surface area (Å²) in [6.45, 7) is 2.75. The number of nitrogens with one attached hydrogen (secondary N) is 2. The Bertz CT molecular complexity index is 908. The number of para-hydroxylation sites is 1. The third kappa shape index (κ3) is 4.48. The molecule has 0 aliphatic carbocycles. The molecule has 2 N–H and O–H groups in total. The Labute approximate surface area is 160 Å². The molecule has 0 unspecified atom stereocenters. The third-order valence-electron chi connectivity index (χ3n) is 4.35. The maximum absolute atomic E-state index is 13.0. The highest BCUT2D eigenvalue weighted by Gasteiger charge is 2.23. The molecular weight excluding hydrogens is 368 g/mol. The number of nitrogens with zero attached hydrogens (tertiary/aromatic N) is 2. The van der Waals surface area contributed by atoms with E-state index in [-0.39, 0.29) is 11.7 Å². The number of hydrogen-bond acceptors (Lipinski definition) is 6. The van der Waals surface area contributed by atoms with Gasteiger partial charge in [0.05, 0.1) is 28.8 Å². The Morgan fingerprint density at radius 2 is 2.19 bits per heavy atom. The molecule has 9 heteroatoms. The number of imide groups is 1. The van der Waals surface area contributed by atoms with E-state index in [2.05, 4.69) is 15.6 Å². The molecule has 1 fully saturated rings. The van der Waals surface area contributed by atoms with Gasteiger partial charge in [-0.25, -0.2) is 9.78 Å². The van der Waals surface area contributed by atoms with Gasteiger partial charge in [0.1, 0.15) is 0 Å². The van der Waals surface area contributed by atoms with Crippen LogP contribution < -0.4 is 16.2 Å². The molecule has 2 heterocycles. The fourth-order valence-corrected chi connectivity index (χ4v) is 3.80. The van der Waals surface area contributed by atoms with Crippen LogP contribution in [0.2, 0.25) is 0 Å². The second-order valence-corrected chi connectivity index (χ2v) is 7.60. The smallest absolute Gasteiger partial charge is 0.321 e. The average molecular weight is 390 g/mol. The van der Waals surface area contributed by atoms with E-state index in [1.165, 1.54) is 7.05 Å². The van der Waals surface area contributed by atoms with Crippen molar-refractivity contribution >= 4 is 34.6 Å². The van der Waals surface area contributed by atoms with E-state index >= 15 is 0 Å². The van der Waals surface area contributed by atoms with Crippen molar-refractivity contribution in [2.24, 2.45) is 0 Å². The summed E-state index contributed by atoms with van der Waals surface area (Å²) in [5.74, 6) is -0.453. The predicted octanol–water partition coefficient (Wildman–Crippen LogP) is 1.51. The Morgan fingerprint density at radius 3 is 2.89 bits per heavy atom. The largest absolute Gasteiger partial charge is 0.376 e. The standard InChI is InChI=1S/C18H22N4O4S/c1-11(15(23)21-17(25)19-2)27-18-20-14-8-4-3-7-13(14)16(24)22(18)10-12-6-5-9-26-12/h3-4,7-8,11-12H,5-6,9-10H2,1-2H3,(H2,19,21,23,25)/t11-,12-/m1/s1. The minimum absolute atomic E-state index is 0.0417. The van der Waals surface area contributed by atoms with Gasteiger partial charge in [-0.15, -0.1) is 0 Å². The van der Waals surface area contributed by atoms with Crippen LogP contribution in [0.15, 0.2) is 34.2 Å². The van der Waals surface area contributed by atoms with Crippen molar-refractivity contribution in [3.05, 3.63) is 34.6 Å². The average Bonchev–Trinajstić information content (AvgIpc) is 3.17. The van der Waals surface area contributed by atoms with E-state index in [4.69, 9.17) is 4.74 Å². The maximum atomic E-state index is 13.0. The van der Waals surface area contributed by atoms with Crippen LogP contribution in [0.1, 0.15) is 19.8 Å². The number of urea groups is 1. The number of hydrogen-bond donors (Lipinski definition) is 2. The first kappa shape index (κ1) is 19.4. The second-order valence-electron chi connectivity index (χ2n) is 6.29. The molecule has 1 saturated heterocycles. The lowest BCUT2D eigenvalue weighted by molar-refractivity contribution is -0.119. The Morgan fingerprint density at radius 1 is 1.41 bits per heavy atom. The SMILES string of the molecule is CNC(=O)NC(=O)[C@@H](C)Sc1nc2ccccc2c(=O)n1C[C@H]1CCCO1. The third-order valence-corrected chi connectivity index (χ3v) is 5.44. The summed E-state index contributed by atoms with van der Waals surface area (Å²) in [6.07, 6.45) is 1.81. The number of amides is 3. The molecule has 0 saturated carbocycles. The van der Waals surface area contributed by atoms with Gasteiger partial charge in [-0.05, 0) is 31.9 Å². The van der Waals surface area contributed by atoms with Gasteiger partial charge >= 0.3 is 6.03 Å². The molecule has 1 aromatic heterocycles. The van der Waals surface area contributed by atoms with E-state index in [0.29, 0.717) is 29.2 Å². The van der Waals surface area contributed by atoms with Crippen molar-refractivity contribution in [1.29, 1.82) is 0 Å². The zero-order chi connectivity index (χ0) is 19.4. The first-order valence-electron chi connectivity index (χ1n) is 8.80. The van der Waals surface area contributed by atoms with Gasteiger partial charge in [0.15, 0.2) is 5.16 Å². The second kappa shape index (κ2) is 8.53. The minimum atomic E-state index is -0.605. The highest BCUT2D eigenvalue weighted by molar-refractivity contribution is 8.00. The summed E-state index contributed by atoms with van der Waals surface area (Å²) >= 11 is 1.15. The first-order chi connectivity index (χ1) is 13.0. The quantitative estimate of drug-likeness (QED) is 0.593. The van der Waals surface area contributed by atoms with E-state index in [0.717, 1.165) is 24.6 Å². The molecule has 1 aliphatic heterocycles. The van der Waals surface area contributed by atoms with Crippen LogP contribution in [0.5, 0.6) is 0 Å². The molecule has 1 aromatic carbocycles. The van der Waals surface area contributed by atoms with Crippen molar-refractivity contribution in [1.82, 2.24) is 20.2 Å². The zero-order valence-corrected chi connectivity index (χ0v) is 16.0. The van der Waals surface area contributed by atoms with E-state index in [1.54, 1.807) is 29.7 Å². The summed E-state index contributed by atoms with van der Waals surface area (Å²) in [5, 5.41) is 4.95. The van der Waals surface area contributed by atoms with Crippen LogP contribution in [0, 0.1) is 0 Å². The molecule has 144 valence electrons. The number of rotatable bonds is 5. The fourth-order valence-electron chi connectivity index (χ4n) is 2.88. The summed E-state index contributed by atoms with van der Waals surface area (Å²) in [5.41, 5.74) is 0.421. The molecule has 0 bridgehead atoms. The van der Waals surface area contributed by atoms with Crippen LogP contribution in [0.25, 0.3) is 10.9 Å². The highest BCUT2D eigenvalue weighted by Crippen LogP contribution is 2.24. The Hall–Kier alpha value is -2.39. The normalized spacial score (nSPS) is 17.6. The van der Waals surface area contributed by atoms with Crippen molar-refractivity contribution in [2.75, 3.05) is 13.7 Å². The predicted molar refractivity (Wildman–Crippen MR) is 103 cm³/mol. The van der Waals surface area contributed by atoms with Gasteiger partial charge in [-0.1, -0.05) is 23.9 Å². The van der Waals surface area contributed by atoms with Crippen molar-refractivity contribution in [3.8, 4) is 0 Å². The van der Waals surface area contributed by atoms with E-state index in [9.17, 15) is 14.4 Å². The van der Waals surface area contributed by atoms with Crippen LogP contribution in [0.4, 0.5) is 4.79 Å². The van der Waals surface area contributed by atoms with Gasteiger partial charge in [0.25, 0.3) is 5.56 Å². The van der Waals surface area contributed by atoms with E-state index in [1.807, 2.05) is 6.07 Å². The molecule has 3 rings (SSSR count). The van der Waals surface area contributed by atoms with Crippen molar-refractivity contribution < 1.29 is 14.3 Å². The number of fused-ring (bicyclic) bond motifs is 1. The molecule has 8 nitrogen and oxygen atoms in total. The lowest BCUT2D eigenvalue weighted by Gasteiger charge is -2.18. The first-order valence-corrected chi connectivity index (χ1v) is 9.68. The van der Waals surface area contributed by atoms with Gasteiger partial charge in [0.2, 0.25) is 5.91 Å². The van der Waals surface area contributed by atoms with Crippen molar-refractivity contribution in [2.45, 2.75) is 42.8 Å². The summed E-state index contributed by atoms with van der Waals surface area (Å²) in [7, 11) is 1.44.